The molecule has 5 heteroatoms. The van der Waals surface area contributed by atoms with E-state index in [4.69, 9.17) is 5.11 Å². The molecule has 0 aliphatic carbocycles. The van der Waals surface area contributed by atoms with Crippen molar-refractivity contribution in [3.8, 4) is 5.75 Å². The van der Waals surface area contributed by atoms with E-state index in [1.807, 2.05) is 0 Å². The molecular weight excluding hydrogens is 214 g/mol. The number of rotatable bonds is 4. The van der Waals surface area contributed by atoms with Gasteiger partial charge in [0.2, 0.25) is 0 Å². The first-order valence-corrected chi connectivity index (χ1v) is 4.87. The minimum absolute atomic E-state index is 0.201. The number of ether oxygens (including phenoxy) is 1. The van der Waals surface area contributed by atoms with Crippen LogP contribution in [0.1, 0.15) is 5.56 Å². The van der Waals surface area contributed by atoms with Crippen LogP contribution >= 0.6 is 12.8 Å². The van der Waals surface area contributed by atoms with E-state index >= 15 is 0 Å². The maximum absolute atomic E-state index is 11.2. The van der Waals surface area contributed by atoms with Crippen LogP contribution in [0, 0.1) is 0 Å². The molecule has 0 aliphatic heterocycles. The van der Waals surface area contributed by atoms with E-state index in [1.54, 1.807) is 24.3 Å². The number of aromatic hydroxyl groups is 1. The largest absolute Gasteiger partial charge is 0.508 e. The van der Waals surface area contributed by atoms with Gasteiger partial charge in [-0.15, -0.1) is 0 Å². The molecule has 0 saturated heterocycles. The zero-order chi connectivity index (χ0) is 11.3. The fraction of sp³-hybridized carbons (Fsp3) is 0.300. The van der Waals surface area contributed by atoms with Crippen LogP contribution < -0.4 is 4.72 Å². The monoisotopic (exact) mass is 227 g/mol. The van der Waals surface area contributed by atoms with Gasteiger partial charge in [0.1, 0.15) is 11.8 Å². The quantitative estimate of drug-likeness (QED) is 0.528. The number of hydrogen-bond acceptors (Lipinski definition) is 5. The van der Waals surface area contributed by atoms with Crippen molar-refractivity contribution in [3.63, 3.8) is 0 Å². The Balaban J connectivity index is 2.66. The van der Waals surface area contributed by atoms with Crippen molar-refractivity contribution < 1.29 is 14.6 Å². The number of nitrogens with one attached hydrogen (secondary N) is 1. The molecule has 0 saturated carbocycles. The number of phenols is 1. The highest BCUT2D eigenvalue weighted by molar-refractivity contribution is 7.78. The maximum atomic E-state index is 11.2. The molecule has 0 spiro atoms. The van der Waals surface area contributed by atoms with Crippen molar-refractivity contribution in [2.75, 3.05) is 7.11 Å². The standard InChI is InChI=1S/C10H13NO3S/c1-14-10(13)9(11-15)6-7-2-4-8(12)5-3-7/h2-5,9,11-12,15H,6H2,1H3/t9-/m0/s1. The number of thiol groups is 1. The van der Waals surface area contributed by atoms with Crippen molar-refractivity contribution in [3.05, 3.63) is 29.8 Å². The first-order chi connectivity index (χ1) is 7.17. The minimum Gasteiger partial charge on any atom is -0.508 e. The molecule has 1 aromatic rings. The second kappa shape index (κ2) is 5.63. The molecule has 1 aromatic carbocycles. The number of carbonyl (C=O) groups excluding carboxylic acids is 1. The topological polar surface area (TPSA) is 58.6 Å². The molecule has 0 heterocycles. The van der Waals surface area contributed by atoms with Crippen LogP contribution in [0.4, 0.5) is 0 Å². The Bertz CT molecular complexity index is 326. The summed E-state index contributed by atoms with van der Waals surface area (Å²) in [5, 5.41) is 9.08. The summed E-state index contributed by atoms with van der Waals surface area (Å²) in [6.07, 6.45) is 0.469. The second-order valence-corrected chi connectivity index (χ2v) is 3.33. The second-order valence-electron chi connectivity index (χ2n) is 3.08. The summed E-state index contributed by atoms with van der Waals surface area (Å²) in [7, 11) is 1.33. The van der Waals surface area contributed by atoms with Crippen molar-refractivity contribution in [2.24, 2.45) is 0 Å². The lowest BCUT2D eigenvalue weighted by Gasteiger charge is -2.12. The summed E-state index contributed by atoms with van der Waals surface area (Å²) < 4.78 is 7.17. The van der Waals surface area contributed by atoms with Gasteiger partial charge < -0.3 is 9.84 Å². The SMILES string of the molecule is COC(=O)[C@H](Cc1ccc(O)cc1)NS. The van der Waals surface area contributed by atoms with Gasteiger partial charge in [-0.05, 0) is 24.1 Å². The fourth-order valence-corrected chi connectivity index (χ4v) is 1.39. The van der Waals surface area contributed by atoms with Crippen LogP contribution in [0.2, 0.25) is 0 Å². The smallest absolute Gasteiger partial charge is 0.324 e. The van der Waals surface area contributed by atoms with E-state index in [9.17, 15) is 4.79 Å². The molecule has 1 rings (SSSR count). The first-order valence-electron chi connectivity index (χ1n) is 4.42. The van der Waals surface area contributed by atoms with Crippen LogP contribution in [-0.2, 0) is 16.0 Å². The van der Waals surface area contributed by atoms with Crippen LogP contribution in [0.5, 0.6) is 5.75 Å². The zero-order valence-electron chi connectivity index (χ0n) is 8.30. The maximum Gasteiger partial charge on any atom is 0.324 e. The lowest BCUT2D eigenvalue weighted by molar-refractivity contribution is -0.142. The number of esters is 1. The molecular formula is C10H13NO3S. The molecule has 0 unspecified atom stereocenters. The van der Waals surface area contributed by atoms with Gasteiger partial charge in [-0.3, -0.25) is 9.52 Å². The van der Waals surface area contributed by atoms with E-state index in [0.29, 0.717) is 6.42 Å². The molecule has 0 aromatic heterocycles. The molecule has 0 fully saturated rings. The highest BCUT2D eigenvalue weighted by Gasteiger charge is 2.17. The van der Waals surface area contributed by atoms with Gasteiger partial charge in [0.05, 0.1) is 7.11 Å². The average Bonchev–Trinajstić information content (AvgIpc) is 2.27. The third-order valence-electron chi connectivity index (χ3n) is 2.02. The van der Waals surface area contributed by atoms with Crippen molar-refractivity contribution in [1.29, 1.82) is 0 Å². The predicted octanol–water partition coefficient (Wildman–Crippen LogP) is 0.911. The van der Waals surface area contributed by atoms with E-state index in [2.05, 4.69) is 22.3 Å². The zero-order valence-corrected chi connectivity index (χ0v) is 9.20. The predicted molar refractivity (Wildman–Crippen MR) is 59.7 cm³/mol. The molecule has 0 amide bonds. The third kappa shape index (κ3) is 3.45. The van der Waals surface area contributed by atoms with Gasteiger partial charge in [0.15, 0.2) is 0 Å². The van der Waals surface area contributed by atoms with Gasteiger partial charge >= 0.3 is 5.97 Å². The minimum atomic E-state index is -0.483. The Morgan fingerprint density at radius 3 is 2.60 bits per heavy atom. The Kier molecular flexibility index (Phi) is 4.45. The lowest BCUT2D eigenvalue weighted by Crippen LogP contribution is -2.34. The van der Waals surface area contributed by atoms with E-state index in [0.717, 1.165) is 5.56 Å². The summed E-state index contributed by atoms with van der Waals surface area (Å²) in [6.45, 7) is 0. The lowest BCUT2D eigenvalue weighted by atomic mass is 10.1. The molecule has 0 aliphatic rings. The summed E-state index contributed by atoms with van der Waals surface area (Å²) in [4.78, 5) is 11.2. The number of phenolic OH excluding ortho intramolecular Hbond substituents is 1. The summed E-state index contributed by atoms with van der Waals surface area (Å²) in [5.41, 5.74) is 0.921. The molecule has 1 atom stereocenters. The Morgan fingerprint density at radius 1 is 1.53 bits per heavy atom. The van der Waals surface area contributed by atoms with Gasteiger partial charge in [0, 0.05) is 0 Å². The normalized spacial score (nSPS) is 12.1. The van der Waals surface area contributed by atoms with Gasteiger partial charge in [0.25, 0.3) is 0 Å². The Morgan fingerprint density at radius 2 is 2.13 bits per heavy atom. The number of carbonyl (C=O) groups is 1. The van der Waals surface area contributed by atoms with Crippen molar-refractivity contribution in [1.82, 2.24) is 4.72 Å². The average molecular weight is 227 g/mol. The fourth-order valence-electron chi connectivity index (χ4n) is 1.19. The van der Waals surface area contributed by atoms with Crippen LogP contribution in [0.15, 0.2) is 24.3 Å². The van der Waals surface area contributed by atoms with Gasteiger partial charge in [-0.25, -0.2) is 0 Å². The Labute approximate surface area is 93.8 Å². The number of methoxy groups -OCH3 is 1. The summed E-state index contributed by atoms with van der Waals surface area (Å²) >= 11 is 3.86. The van der Waals surface area contributed by atoms with Gasteiger partial charge in [-0.2, -0.15) is 0 Å². The molecule has 82 valence electrons. The molecule has 4 nitrogen and oxygen atoms in total. The van der Waals surface area contributed by atoms with Crippen LogP contribution in [0.25, 0.3) is 0 Å². The van der Waals surface area contributed by atoms with Crippen LogP contribution in [-0.4, -0.2) is 24.2 Å². The van der Waals surface area contributed by atoms with E-state index < -0.39 is 6.04 Å². The molecule has 0 bridgehead atoms. The van der Waals surface area contributed by atoms with Crippen molar-refractivity contribution >= 4 is 18.8 Å². The van der Waals surface area contributed by atoms with Crippen LogP contribution in [0.3, 0.4) is 0 Å². The highest BCUT2D eigenvalue weighted by atomic mass is 32.1. The van der Waals surface area contributed by atoms with E-state index in [-0.39, 0.29) is 11.7 Å². The van der Waals surface area contributed by atoms with Crippen molar-refractivity contribution in [2.45, 2.75) is 12.5 Å². The Hall–Kier alpha value is -1.20. The van der Waals surface area contributed by atoms with Gasteiger partial charge in [-0.1, -0.05) is 24.9 Å². The number of hydrogen-bond donors (Lipinski definition) is 3. The molecule has 15 heavy (non-hydrogen) atoms. The first kappa shape index (κ1) is 11.9. The summed E-state index contributed by atoms with van der Waals surface area (Å²) in [5.74, 6) is -0.162. The molecule has 0 radical (unpaired) electrons. The van der Waals surface area contributed by atoms with E-state index in [1.165, 1.54) is 7.11 Å². The number of benzene rings is 1. The molecule has 2 N–H and O–H groups in total. The highest BCUT2D eigenvalue weighted by Crippen LogP contribution is 2.11. The summed E-state index contributed by atoms with van der Waals surface area (Å²) in [6, 6.07) is 6.15. The third-order valence-corrected chi connectivity index (χ3v) is 2.33.